The van der Waals surface area contributed by atoms with Crippen LogP contribution in [-0.4, -0.2) is 35.7 Å². The van der Waals surface area contributed by atoms with Gasteiger partial charge in [0.05, 0.1) is 11.6 Å². The summed E-state index contributed by atoms with van der Waals surface area (Å²) in [4.78, 5) is 24.6. The first-order valence-corrected chi connectivity index (χ1v) is 6.71. The number of amides is 3. The van der Waals surface area contributed by atoms with Crippen molar-refractivity contribution in [2.75, 3.05) is 24.6 Å². The molecule has 1 fully saturated rings. The van der Waals surface area contributed by atoms with E-state index in [1.54, 1.807) is 18.2 Å². The average Bonchev–Trinajstić information content (AvgIpc) is 2.64. The number of imide groups is 1. The van der Waals surface area contributed by atoms with Gasteiger partial charge in [-0.1, -0.05) is 17.7 Å². The Kier molecular flexibility index (Phi) is 3.98. The molecule has 18 heavy (non-hydrogen) atoms. The van der Waals surface area contributed by atoms with Crippen molar-refractivity contribution in [2.24, 2.45) is 0 Å². The van der Waals surface area contributed by atoms with Crippen LogP contribution in [0.3, 0.4) is 0 Å². The van der Waals surface area contributed by atoms with Crippen LogP contribution < -0.4 is 11.1 Å². The smallest absolute Gasteiger partial charge is 0.324 e. The summed E-state index contributed by atoms with van der Waals surface area (Å²) in [7, 11) is 0. The van der Waals surface area contributed by atoms with Gasteiger partial charge in [-0.2, -0.15) is 0 Å². The molecule has 1 aromatic carbocycles. The molecule has 0 saturated carbocycles. The van der Waals surface area contributed by atoms with Crippen molar-refractivity contribution in [3.05, 3.63) is 23.2 Å². The van der Waals surface area contributed by atoms with Crippen LogP contribution in [0.5, 0.6) is 0 Å². The summed E-state index contributed by atoms with van der Waals surface area (Å²) >= 11 is 7.46. The SMILES string of the molecule is Nc1cccc(Cl)c1SCCN1C(=O)CNC1=O. The van der Waals surface area contributed by atoms with Gasteiger partial charge < -0.3 is 11.1 Å². The van der Waals surface area contributed by atoms with Gasteiger partial charge in [0.15, 0.2) is 0 Å². The van der Waals surface area contributed by atoms with E-state index in [-0.39, 0.29) is 18.5 Å². The molecule has 0 radical (unpaired) electrons. The number of carbonyl (C=O) groups excluding carboxylic acids is 2. The van der Waals surface area contributed by atoms with Crippen LogP contribution in [0.4, 0.5) is 10.5 Å². The van der Waals surface area contributed by atoms with Crippen LogP contribution in [-0.2, 0) is 4.79 Å². The number of nitrogens with two attached hydrogens (primary N) is 1. The van der Waals surface area contributed by atoms with Gasteiger partial charge in [-0.3, -0.25) is 9.69 Å². The summed E-state index contributed by atoms with van der Waals surface area (Å²) in [6, 6.07) is 4.96. The van der Waals surface area contributed by atoms with Crippen molar-refractivity contribution in [3.8, 4) is 0 Å². The Morgan fingerprint density at radius 1 is 1.44 bits per heavy atom. The van der Waals surface area contributed by atoms with E-state index in [1.807, 2.05) is 0 Å². The molecule has 0 bridgehead atoms. The Labute approximate surface area is 114 Å². The van der Waals surface area contributed by atoms with Crippen LogP contribution in [0.15, 0.2) is 23.1 Å². The zero-order chi connectivity index (χ0) is 13.1. The highest BCUT2D eigenvalue weighted by atomic mass is 35.5. The number of benzene rings is 1. The second kappa shape index (κ2) is 5.49. The molecule has 1 saturated heterocycles. The lowest BCUT2D eigenvalue weighted by Crippen LogP contribution is -2.32. The predicted octanol–water partition coefficient (Wildman–Crippen LogP) is 1.57. The lowest BCUT2D eigenvalue weighted by Gasteiger charge is -2.12. The number of nitrogen functional groups attached to an aromatic ring is 1. The van der Waals surface area contributed by atoms with E-state index in [1.165, 1.54) is 16.7 Å². The number of halogens is 1. The van der Waals surface area contributed by atoms with Gasteiger partial charge in [-0.25, -0.2) is 4.79 Å². The van der Waals surface area contributed by atoms with Crippen LogP contribution in [0, 0.1) is 0 Å². The molecule has 0 unspecified atom stereocenters. The number of hydrogen-bond acceptors (Lipinski definition) is 4. The van der Waals surface area contributed by atoms with E-state index in [0.29, 0.717) is 23.0 Å². The lowest BCUT2D eigenvalue weighted by molar-refractivity contribution is -0.124. The van der Waals surface area contributed by atoms with Gasteiger partial charge in [0.25, 0.3) is 0 Å². The molecule has 7 heteroatoms. The topological polar surface area (TPSA) is 75.4 Å². The zero-order valence-electron chi connectivity index (χ0n) is 9.48. The number of anilines is 1. The highest BCUT2D eigenvalue weighted by Gasteiger charge is 2.27. The Balaban J connectivity index is 1.93. The van der Waals surface area contributed by atoms with Crippen molar-refractivity contribution in [1.29, 1.82) is 0 Å². The van der Waals surface area contributed by atoms with Gasteiger partial charge >= 0.3 is 6.03 Å². The molecular weight excluding hydrogens is 274 g/mol. The molecule has 5 nitrogen and oxygen atoms in total. The maximum Gasteiger partial charge on any atom is 0.324 e. The fourth-order valence-electron chi connectivity index (χ4n) is 1.60. The molecule has 0 atom stereocenters. The normalized spacial score (nSPS) is 15.1. The van der Waals surface area contributed by atoms with Gasteiger partial charge in [0.2, 0.25) is 5.91 Å². The van der Waals surface area contributed by atoms with E-state index < -0.39 is 0 Å². The summed E-state index contributed by atoms with van der Waals surface area (Å²) in [6.07, 6.45) is 0. The van der Waals surface area contributed by atoms with Crippen LogP contribution in [0.1, 0.15) is 0 Å². The standard InChI is InChI=1S/C11H12ClN3O2S/c12-7-2-1-3-8(13)10(7)18-5-4-15-9(16)6-14-11(15)17/h1-3H,4-6,13H2,(H,14,17). The molecule has 0 aliphatic carbocycles. The number of urea groups is 1. The van der Waals surface area contributed by atoms with E-state index in [0.717, 1.165) is 4.90 Å². The number of nitrogens with zero attached hydrogens (tertiary/aromatic N) is 1. The van der Waals surface area contributed by atoms with Crippen LogP contribution in [0.2, 0.25) is 5.02 Å². The minimum atomic E-state index is -0.340. The van der Waals surface area contributed by atoms with E-state index in [9.17, 15) is 9.59 Å². The second-order valence-corrected chi connectivity index (χ2v) is 5.22. The van der Waals surface area contributed by atoms with Gasteiger partial charge in [0, 0.05) is 22.9 Å². The fraction of sp³-hybridized carbons (Fsp3) is 0.273. The van der Waals surface area contributed by atoms with Crippen molar-refractivity contribution >= 4 is 41.0 Å². The second-order valence-electron chi connectivity index (χ2n) is 3.71. The first-order valence-electron chi connectivity index (χ1n) is 5.34. The molecule has 0 aromatic heterocycles. The maximum atomic E-state index is 11.3. The number of nitrogens with one attached hydrogen (secondary N) is 1. The lowest BCUT2D eigenvalue weighted by atomic mass is 10.3. The van der Waals surface area contributed by atoms with Crippen molar-refractivity contribution in [3.63, 3.8) is 0 Å². The molecule has 1 aliphatic rings. The summed E-state index contributed by atoms with van der Waals surface area (Å²) in [5.74, 6) is 0.361. The summed E-state index contributed by atoms with van der Waals surface area (Å²) in [5, 5.41) is 3.05. The molecule has 1 heterocycles. The Morgan fingerprint density at radius 3 is 2.83 bits per heavy atom. The predicted molar refractivity (Wildman–Crippen MR) is 71.7 cm³/mol. The summed E-state index contributed by atoms with van der Waals surface area (Å²) in [6.45, 7) is 0.428. The van der Waals surface area contributed by atoms with E-state index in [4.69, 9.17) is 17.3 Å². The molecule has 1 aromatic rings. The zero-order valence-corrected chi connectivity index (χ0v) is 11.1. The minimum absolute atomic E-state index is 0.0811. The Bertz CT molecular complexity index is 459. The van der Waals surface area contributed by atoms with Crippen LogP contribution >= 0.6 is 23.4 Å². The van der Waals surface area contributed by atoms with Crippen LogP contribution in [0.25, 0.3) is 0 Å². The quantitative estimate of drug-likeness (QED) is 0.500. The molecule has 1 aliphatic heterocycles. The highest BCUT2D eigenvalue weighted by Crippen LogP contribution is 2.32. The number of thioether (sulfide) groups is 1. The maximum absolute atomic E-state index is 11.3. The van der Waals surface area contributed by atoms with Gasteiger partial charge in [-0.05, 0) is 12.1 Å². The van der Waals surface area contributed by atoms with Crippen molar-refractivity contribution < 1.29 is 9.59 Å². The first-order chi connectivity index (χ1) is 8.59. The van der Waals surface area contributed by atoms with E-state index in [2.05, 4.69) is 5.32 Å². The highest BCUT2D eigenvalue weighted by molar-refractivity contribution is 7.99. The van der Waals surface area contributed by atoms with Crippen molar-refractivity contribution in [2.45, 2.75) is 4.90 Å². The van der Waals surface area contributed by atoms with Crippen molar-refractivity contribution in [1.82, 2.24) is 10.2 Å². The minimum Gasteiger partial charge on any atom is -0.398 e. The molecule has 3 amide bonds. The molecular formula is C11H12ClN3O2S. The first kappa shape index (κ1) is 13.0. The Morgan fingerprint density at radius 2 is 2.22 bits per heavy atom. The number of hydrogen-bond donors (Lipinski definition) is 2. The molecule has 3 N–H and O–H groups in total. The average molecular weight is 286 g/mol. The third-order valence-corrected chi connectivity index (χ3v) is 4.05. The van der Waals surface area contributed by atoms with Gasteiger partial charge in [0.1, 0.15) is 0 Å². The molecule has 0 spiro atoms. The number of rotatable bonds is 4. The third-order valence-electron chi connectivity index (χ3n) is 2.50. The third kappa shape index (κ3) is 2.70. The largest absolute Gasteiger partial charge is 0.398 e. The van der Waals surface area contributed by atoms with E-state index >= 15 is 0 Å². The Hall–Kier alpha value is -1.40. The summed E-state index contributed by atoms with van der Waals surface area (Å²) in [5.41, 5.74) is 6.41. The molecule has 2 rings (SSSR count). The molecule has 96 valence electrons. The summed E-state index contributed by atoms with van der Waals surface area (Å²) < 4.78 is 0. The van der Waals surface area contributed by atoms with Gasteiger partial charge in [-0.15, -0.1) is 11.8 Å². The fourth-order valence-corrected chi connectivity index (χ4v) is 2.86. The number of carbonyl (C=O) groups is 2. The monoisotopic (exact) mass is 285 g/mol.